The number of hydrogen-bond donors (Lipinski definition) is 1. The molecule has 0 radical (unpaired) electrons. The summed E-state index contributed by atoms with van der Waals surface area (Å²) in [6.45, 7) is 4.33. The van der Waals surface area contributed by atoms with Crippen molar-refractivity contribution in [2.45, 2.75) is 13.8 Å². The Balaban J connectivity index is 2.44. The number of rotatable bonds is 4. The molecule has 21 heavy (non-hydrogen) atoms. The molecule has 1 fully saturated rings. The molecule has 5 nitrogen and oxygen atoms in total. The van der Waals surface area contributed by atoms with Crippen LogP contribution in [0.1, 0.15) is 18.1 Å². The third kappa shape index (κ3) is 2.71. The van der Waals surface area contributed by atoms with Gasteiger partial charge in [0, 0.05) is 17.7 Å². The van der Waals surface area contributed by atoms with Crippen molar-refractivity contribution in [3.05, 3.63) is 29.0 Å². The summed E-state index contributed by atoms with van der Waals surface area (Å²) in [7, 11) is 3.20. The molecule has 1 aromatic carbocycles. The summed E-state index contributed by atoms with van der Waals surface area (Å²) in [5, 5.41) is 3.36. The summed E-state index contributed by atoms with van der Waals surface area (Å²) in [5.41, 5.74) is 2.13. The van der Waals surface area contributed by atoms with E-state index in [1.165, 1.54) is 4.90 Å². The van der Waals surface area contributed by atoms with Gasteiger partial charge >= 0.3 is 0 Å². The molecule has 1 aromatic rings. The van der Waals surface area contributed by atoms with Crippen molar-refractivity contribution in [2.75, 3.05) is 20.8 Å². The minimum atomic E-state index is -0.127. The van der Waals surface area contributed by atoms with Crippen LogP contribution < -0.4 is 14.8 Å². The fourth-order valence-electron chi connectivity index (χ4n) is 2.31. The van der Waals surface area contributed by atoms with Crippen LogP contribution >= 0.6 is 12.2 Å². The van der Waals surface area contributed by atoms with Crippen molar-refractivity contribution in [3.8, 4) is 11.5 Å². The van der Waals surface area contributed by atoms with E-state index in [0.717, 1.165) is 16.9 Å². The van der Waals surface area contributed by atoms with Gasteiger partial charge in [-0.25, -0.2) is 0 Å². The number of hydrogen-bond acceptors (Lipinski definition) is 4. The fraction of sp³-hybridized carbons (Fsp3) is 0.333. The highest BCUT2D eigenvalue weighted by atomic mass is 32.1. The lowest BCUT2D eigenvalue weighted by molar-refractivity contribution is -0.122. The number of ether oxygens (including phenoxy) is 2. The van der Waals surface area contributed by atoms with Crippen LogP contribution in [-0.4, -0.2) is 36.7 Å². The van der Waals surface area contributed by atoms with E-state index in [1.54, 1.807) is 20.3 Å². The Bertz CT molecular complexity index is 626. The number of amides is 1. The Morgan fingerprint density at radius 3 is 2.57 bits per heavy atom. The monoisotopic (exact) mass is 306 g/mol. The molecule has 0 aromatic heterocycles. The number of methoxy groups -OCH3 is 2. The highest BCUT2D eigenvalue weighted by Gasteiger charge is 2.29. The van der Waals surface area contributed by atoms with Gasteiger partial charge in [-0.2, -0.15) is 0 Å². The molecule has 1 aliphatic rings. The molecule has 0 atom stereocenters. The van der Waals surface area contributed by atoms with E-state index in [1.807, 2.05) is 26.0 Å². The maximum Gasteiger partial charge on any atom is 0.276 e. The van der Waals surface area contributed by atoms with Gasteiger partial charge in [0.05, 0.1) is 14.2 Å². The first kappa shape index (κ1) is 15.3. The number of nitrogens with zero attached hydrogens (tertiary/aromatic N) is 1. The van der Waals surface area contributed by atoms with Gasteiger partial charge in [0.25, 0.3) is 5.91 Å². The number of carbonyl (C=O) groups excluding carboxylic acids is 1. The number of likely N-dealkylation sites (N-methyl/N-ethyl adjacent to an activating group) is 1. The second kappa shape index (κ2) is 6.13. The SMILES string of the molecule is CCN1C(=O)/C(=C/c2ccc(OC)c(C)c2OC)NC1=S. The molecule has 0 unspecified atom stereocenters. The van der Waals surface area contributed by atoms with Gasteiger partial charge in [0.2, 0.25) is 0 Å². The second-order valence-electron chi connectivity index (χ2n) is 4.55. The molecule has 0 aliphatic carbocycles. The fourth-order valence-corrected chi connectivity index (χ4v) is 2.64. The molecular formula is C15H18N2O3S. The first-order valence-electron chi connectivity index (χ1n) is 6.59. The lowest BCUT2D eigenvalue weighted by Gasteiger charge is -2.12. The van der Waals surface area contributed by atoms with Gasteiger partial charge in [-0.1, -0.05) is 0 Å². The van der Waals surface area contributed by atoms with Crippen molar-refractivity contribution >= 4 is 29.3 Å². The smallest absolute Gasteiger partial charge is 0.276 e. The number of nitrogens with one attached hydrogen (secondary N) is 1. The molecule has 0 saturated carbocycles. The maximum atomic E-state index is 12.2. The lowest BCUT2D eigenvalue weighted by Crippen LogP contribution is -2.30. The first-order chi connectivity index (χ1) is 10.0. The zero-order valence-corrected chi connectivity index (χ0v) is 13.3. The van der Waals surface area contributed by atoms with Crippen LogP contribution in [0.4, 0.5) is 0 Å². The van der Waals surface area contributed by atoms with E-state index in [0.29, 0.717) is 23.1 Å². The van der Waals surface area contributed by atoms with Crippen molar-refractivity contribution in [1.82, 2.24) is 10.2 Å². The van der Waals surface area contributed by atoms with Gasteiger partial charge in [-0.05, 0) is 44.3 Å². The van der Waals surface area contributed by atoms with Crippen molar-refractivity contribution in [2.24, 2.45) is 0 Å². The molecule has 6 heteroatoms. The van der Waals surface area contributed by atoms with Crippen molar-refractivity contribution in [1.29, 1.82) is 0 Å². The lowest BCUT2D eigenvalue weighted by atomic mass is 10.1. The Labute approximate surface area is 129 Å². The Kier molecular flexibility index (Phi) is 4.47. The molecular weight excluding hydrogens is 288 g/mol. The zero-order chi connectivity index (χ0) is 15.6. The summed E-state index contributed by atoms with van der Waals surface area (Å²) in [6, 6.07) is 3.70. The quantitative estimate of drug-likeness (QED) is 0.682. The van der Waals surface area contributed by atoms with Crippen molar-refractivity contribution < 1.29 is 14.3 Å². The minimum absolute atomic E-state index is 0.127. The van der Waals surface area contributed by atoms with E-state index in [9.17, 15) is 4.79 Å². The summed E-state index contributed by atoms with van der Waals surface area (Å²) in [4.78, 5) is 13.7. The highest BCUT2D eigenvalue weighted by molar-refractivity contribution is 7.80. The van der Waals surface area contributed by atoms with Crippen LogP contribution in [0.5, 0.6) is 11.5 Å². The Morgan fingerprint density at radius 1 is 1.33 bits per heavy atom. The average molecular weight is 306 g/mol. The summed E-state index contributed by atoms with van der Waals surface area (Å²) in [6.07, 6.45) is 1.75. The Morgan fingerprint density at radius 2 is 2.05 bits per heavy atom. The molecule has 1 aliphatic heterocycles. The van der Waals surface area contributed by atoms with Gasteiger partial charge < -0.3 is 14.8 Å². The average Bonchev–Trinajstić information content (AvgIpc) is 2.73. The van der Waals surface area contributed by atoms with Crippen molar-refractivity contribution in [3.63, 3.8) is 0 Å². The Hall–Kier alpha value is -2.08. The third-order valence-electron chi connectivity index (χ3n) is 3.39. The van der Waals surface area contributed by atoms with E-state index >= 15 is 0 Å². The topological polar surface area (TPSA) is 50.8 Å². The van der Waals surface area contributed by atoms with Crippen LogP contribution in [0.3, 0.4) is 0 Å². The molecule has 1 N–H and O–H groups in total. The molecule has 1 heterocycles. The van der Waals surface area contributed by atoms with E-state index < -0.39 is 0 Å². The summed E-state index contributed by atoms with van der Waals surface area (Å²) < 4.78 is 10.7. The standard InChI is InChI=1S/C15H18N2O3S/c1-5-17-14(18)11(16-15(17)21)8-10-6-7-12(19-3)9(2)13(10)20-4/h6-8H,5H2,1-4H3,(H,16,21)/b11-8-. The van der Waals surface area contributed by atoms with E-state index in [2.05, 4.69) is 5.32 Å². The second-order valence-corrected chi connectivity index (χ2v) is 4.94. The molecule has 0 spiro atoms. The molecule has 0 bridgehead atoms. The van der Waals surface area contributed by atoms with Crippen LogP contribution in [0.15, 0.2) is 17.8 Å². The normalized spacial score (nSPS) is 16.4. The largest absolute Gasteiger partial charge is 0.496 e. The van der Waals surface area contributed by atoms with E-state index in [-0.39, 0.29) is 5.91 Å². The molecule has 1 amide bonds. The molecule has 1 saturated heterocycles. The van der Waals surface area contributed by atoms with Crippen LogP contribution in [0.2, 0.25) is 0 Å². The molecule has 112 valence electrons. The van der Waals surface area contributed by atoms with Gasteiger partial charge in [0.1, 0.15) is 17.2 Å². The summed E-state index contributed by atoms with van der Waals surface area (Å²) >= 11 is 5.14. The van der Waals surface area contributed by atoms with Gasteiger partial charge in [0.15, 0.2) is 5.11 Å². The summed E-state index contributed by atoms with van der Waals surface area (Å²) in [5.74, 6) is 1.29. The van der Waals surface area contributed by atoms with Gasteiger partial charge in [-0.3, -0.25) is 9.69 Å². The minimum Gasteiger partial charge on any atom is -0.496 e. The predicted molar refractivity (Wildman–Crippen MR) is 85.4 cm³/mol. The highest BCUT2D eigenvalue weighted by Crippen LogP contribution is 2.32. The molecule has 2 rings (SSSR count). The van der Waals surface area contributed by atoms with Crippen LogP contribution in [-0.2, 0) is 4.79 Å². The number of thiocarbonyl (C=S) groups is 1. The maximum absolute atomic E-state index is 12.2. The van der Waals surface area contributed by atoms with Crippen LogP contribution in [0.25, 0.3) is 6.08 Å². The third-order valence-corrected chi connectivity index (χ3v) is 3.71. The number of carbonyl (C=O) groups is 1. The first-order valence-corrected chi connectivity index (χ1v) is 7.00. The van der Waals surface area contributed by atoms with Gasteiger partial charge in [-0.15, -0.1) is 0 Å². The van der Waals surface area contributed by atoms with E-state index in [4.69, 9.17) is 21.7 Å². The number of benzene rings is 1. The predicted octanol–water partition coefficient (Wildman–Crippen LogP) is 2.09. The zero-order valence-electron chi connectivity index (χ0n) is 12.5. The van der Waals surface area contributed by atoms with Crippen LogP contribution in [0, 0.1) is 6.92 Å².